The Morgan fingerprint density at radius 2 is 1.71 bits per heavy atom. The van der Waals surface area contributed by atoms with Crippen molar-refractivity contribution in [1.29, 1.82) is 0 Å². The van der Waals surface area contributed by atoms with E-state index in [0.29, 0.717) is 6.42 Å². The van der Waals surface area contributed by atoms with Crippen molar-refractivity contribution in [3.63, 3.8) is 0 Å². The molecule has 0 aromatic rings. The summed E-state index contributed by atoms with van der Waals surface area (Å²) in [5.74, 6) is -0.544. The Kier molecular flexibility index (Phi) is 4.42. The maximum atomic E-state index is 11.7. The Bertz CT molecular complexity index is 173. The first-order valence-corrected chi connectivity index (χ1v) is 4.44. The van der Waals surface area contributed by atoms with Gasteiger partial charge in [0.25, 0.3) is 0 Å². The number of hydrogen-bond donors (Lipinski definition) is 1. The number of halogens is 3. The number of amides is 1. The van der Waals surface area contributed by atoms with Crippen LogP contribution in [0, 0.1) is 5.41 Å². The van der Waals surface area contributed by atoms with E-state index in [1.54, 1.807) is 0 Å². The quantitative estimate of drug-likeness (QED) is 0.763. The molecule has 84 valence electrons. The summed E-state index contributed by atoms with van der Waals surface area (Å²) in [4.78, 5) is 10.9. The molecule has 0 bridgehead atoms. The molecule has 0 saturated carbocycles. The zero-order valence-electron chi connectivity index (χ0n) is 8.66. The molecule has 0 rings (SSSR count). The zero-order chi connectivity index (χ0) is 11.4. The summed E-state index contributed by atoms with van der Waals surface area (Å²) in [6, 6.07) is 0. The van der Waals surface area contributed by atoms with Gasteiger partial charge >= 0.3 is 6.18 Å². The maximum absolute atomic E-state index is 11.7. The van der Waals surface area contributed by atoms with Gasteiger partial charge in [-0.1, -0.05) is 20.8 Å². The second-order valence-electron chi connectivity index (χ2n) is 4.45. The van der Waals surface area contributed by atoms with Crippen LogP contribution in [0.25, 0.3) is 0 Å². The van der Waals surface area contributed by atoms with Gasteiger partial charge in [0.1, 0.15) is 6.54 Å². The topological polar surface area (TPSA) is 29.1 Å². The first-order chi connectivity index (χ1) is 6.10. The summed E-state index contributed by atoms with van der Waals surface area (Å²) in [6.07, 6.45) is -3.60. The SMILES string of the molecule is CC(C)(C)CCC(=O)NCC(F)(F)F. The molecule has 0 heterocycles. The molecule has 1 N–H and O–H groups in total. The van der Waals surface area contributed by atoms with Crippen molar-refractivity contribution in [2.24, 2.45) is 5.41 Å². The first-order valence-electron chi connectivity index (χ1n) is 4.44. The average Bonchev–Trinajstić information content (AvgIpc) is 1.94. The molecule has 0 atom stereocenters. The number of alkyl halides is 3. The molecule has 14 heavy (non-hydrogen) atoms. The summed E-state index contributed by atoms with van der Waals surface area (Å²) >= 11 is 0. The molecule has 2 nitrogen and oxygen atoms in total. The molecule has 0 unspecified atom stereocenters. The van der Waals surface area contributed by atoms with Crippen molar-refractivity contribution in [1.82, 2.24) is 5.32 Å². The van der Waals surface area contributed by atoms with Crippen LogP contribution in [0.2, 0.25) is 0 Å². The van der Waals surface area contributed by atoms with Crippen molar-refractivity contribution < 1.29 is 18.0 Å². The van der Waals surface area contributed by atoms with Gasteiger partial charge in [-0.3, -0.25) is 4.79 Å². The Balaban J connectivity index is 3.68. The average molecular weight is 211 g/mol. The first kappa shape index (κ1) is 13.3. The van der Waals surface area contributed by atoms with Crippen molar-refractivity contribution in [3.05, 3.63) is 0 Å². The fraction of sp³-hybridized carbons (Fsp3) is 0.889. The van der Waals surface area contributed by atoms with Gasteiger partial charge in [-0.05, 0) is 11.8 Å². The lowest BCUT2D eigenvalue weighted by Gasteiger charge is -2.17. The fourth-order valence-corrected chi connectivity index (χ4v) is 0.776. The number of hydrogen-bond acceptors (Lipinski definition) is 1. The monoisotopic (exact) mass is 211 g/mol. The van der Waals surface area contributed by atoms with Gasteiger partial charge < -0.3 is 5.32 Å². The number of nitrogens with one attached hydrogen (secondary N) is 1. The van der Waals surface area contributed by atoms with Crippen molar-refractivity contribution in [2.45, 2.75) is 39.8 Å². The standard InChI is InChI=1S/C9H16F3NO/c1-8(2,3)5-4-7(14)13-6-9(10,11)12/h4-6H2,1-3H3,(H,13,14). The van der Waals surface area contributed by atoms with Crippen molar-refractivity contribution >= 4 is 5.91 Å². The molecule has 0 radical (unpaired) electrons. The predicted octanol–water partition coefficient (Wildman–Crippen LogP) is 2.49. The van der Waals surface area contributed by atoms with E-state index in [2.05, 4.69) is 0 Å². The van der Waals surface area contributed by atoms with Crippen LogP contribution in [0.1, 0.15) is 33.6 Å². The van der Waals surface area contributed by atoms with Crippen molar-refractivity contribution in [2.75, 3.05) is 6.54 Å². The lowest BCUT2D eigenvalue weighted by atomic mass is 9.90. The molecular formula is C9H16F3NO. The summed E-state index contributed by atoms with van der Waals surface area (Å²) in [5, 5.41) is 1.83. The van der Waals surface area contributed by atoms with Crippen LogP contribution in [0.4, 0.5) is 13.2 Å². The second kappa shape index (κ2) is 4.66. The molecule has 0 aliphatic carbocycles. The van der Waals surface area contributed by atoms with E-state index in [1.807, 2.05) is 26.1 Å². The number of carbonyl (C=O) groups excluding carboxylic acids is 1. The van der Waals surface area contributed by atoms with E-state index in [0.717, 1.165) is 0 Å². The molecule has 0 fully saturated rings. The van der Waals surface area contributed by atoms with E-state index in [-0.39, 0.29) is 11.8 Å². The molecule has 0 aliphatic rings. The normalized spacial score (nSPS) is 12.7. The van der Waals surface area contributed by atoms with Gasteiger partial charge in [0.15, 0.2) is 0 Å². The van der Waals surface area contributed by atoms with E-state index >= 15 is 0 Å². The van der Waals surface area contributed by atoms with Gasteiger partial charge in [-0.2, -0.15) is 13.2 Å². The van der Waals surface area contributed by atoms with Gasteiger partial charge in [0, 0.05) is 6.42 Å². The third-order valence-corrected chi connectivity index (χ3v) is 1.59. The van der Waals surface area contributed by atoms with Gasteiger partial charge in [-0.15, -0.1) is 0 Å². The number of rotatable bonds is 3. The Morgan fingerprint density at radius 3 is 2.07 bits per heavy atom. The highest BCUT2D eigenvalue weighted by Gasteiger charge is 2.27. The summed E-state index contributed by atoms with van der Waals surface area (Å²) in [6.45, 7) is 4.56. The highest BCUT2D eigenvalue weighted by molar-refractivity contribution is 5.75. The minimum Gasteiger partial charge on any atom is -0.347 e. The summed E-state index contributed by atoms with van der Waals surface area (Å²) < 4.78 is 35.0. The second-order valence-corrected chi connectivity index (χ2v) is 4.45. The molecule has 0 aromatic heterocycles. The molecule has 0 saturated heterocycles. The van der Waals surface area contributed by atoms with Crippen molar-refractivity contribution in [3.8, 4) is 0 Å². The van der Waals surface area contributed by atoms with Crippen LogP contribution in [0.5, 0.6) is 0 Å². The molecule has 0 spiro atoms. The van der Waals surface area contributed by atoms with Gasteiger partial charge in [0.2, 0.25) is 5.91 Å². The minimum atomic E-state index is -4.32. The minimum absolute atomic E-state index is 0.0322. The summed E-state index contributed by atoms with van der Waals surface area (Å²) in [7, 11) is 0. The van der Waals surface area contributed by atoms with E-state index < -0.39 is 18.6 Å². The zero-order valence-corrected chi connectivity index (χ0v) is 8.66. The lowest BCUT2D eigenvalue weighted by molar-refractivity contribution is -0.138. The molecule has 0 aliphatic heterocycles. The Labute approximate surface area is 81.9 Å². The molecule has 5 heteroatoms. The van der Waals surface area contributed by atoms with Gasteiger partial charge in [0.05, 0.1) is 0 Å². The highest BCUT2D eigenvalue weighted by atomic mass is 19.4. The third kappa shape index (κ3) is 9.35. The van der Waals surface area contributed by atoms with Crippen LogP contribution in [0.3, 0.4) is 0 Å². The fourth-order valence-electron chi connectivity index (χ4n) is 0.776. The van der Waals surface area contributed by atoms with Crippen LogP contribution in [-0.4, -0.2) is 18.6 Å². The largest absolute Gasteiger partial charge is 0.405 e. The van der Waals surface area contributed by atoms with Crippen LogP contribution >= 0.6 is 0 Å². The van der Waals surface area contributed by atoms with E-state index in [4.69, 9.17) is 0 Å². The molecular weight excluding hydrogens is 195 g/mol. The molecule has 0 aromatic carbocycles. The smallest absolute Gasteiger partial charge is 0.347 e. The predicted molar refractivity (Wildman–Crippen MR) is 47.8 cm³/mol. The maximum Gasteiger partial charge on any atom is 0.405 e. The summed E-state index contributed by atoms with van der Waals surface area (Å²) in [5.41, 5.74) is -0.0322. The third-order valence-electron chi connectivity index (χ3n) is 1.59. The van der Waals surface area contributed by atoms with Crippen LogP contribution < -0.4 is 5.32 Å². The molecule has 1 amide bonds. The van der Waals surface area contributed by atoms with Crippen LogP contribution in [-0.2, 0) is 4.79 Å². The van der Waals surface area contributed by atoms with Gasteiger partial charge in [-0.25, -0.2) is 0 Å². The Morgan fingerprint density at radius 1 is 1.21 bits per heavy atom. The highest BCUT2D eigenvalue weighted by Crippen LogP contribution is 2.20. The number of carbonyl (C=O) groups is 1. The van der Waals surface area contributed by atoms with E-state index in [9.17, 15) is 18.0 Å². The van der Waals surface area contributed by atoms with E-state index in [1.165, 1.54) is 0 Å². The lowest BCUT2D eigenvalue weighted by Crippen LogP contribution is -2.34. The van der Waals surface area contributed by atoms with Crippen LogP contribution in [0.15, 0.2) is 0 Å². The Hall–Kier alpha value is -0.740.